The van der Waals surface area contributed by atoms with Crippen molar-refractivity contribution in [2.45, 2.75) is 32.2 Å². The summed E-state index contributed by atoms with van der Waals surface area (Å²) in [6.07, 6.45) is 1.46. The lowest BCUT2D eigenvalue weighted by Crippen LogP contribution is -2.40. The van der Waals surface area contributed by atoms with Gasteiger partial charge in [-0.05, 0) is 18.9 Å². The molecule has 0 aliphatic carbocycles. The van der Waals surface area contributed by atoms with Crippen molar-refractivity contribution in [2.24, 2.45) is 0 Å². The number of rotatable bonds is 6. The third-order valence-electron chi connectivity index (χ3n) is 3.22. The van der Waals surface area contributed by atoms with E-state index in [-0.39, 0.29) is 17.3 Å². The first-order valence-electron chi connectivity index (χ1n) is 5.81. The van der Waals surface area contributed by atoms with Gasteiger partial charge in [-0.1, -0.05) is 25.4 Å². The highest BCUT2D eigenvalue weighted by molar-refractivity contribution is 6.33. The predicted octanol–water partition coefficient (Wildman–Crippen LogP) is 3.21. The quantitative estimate of drug-likeness (QED) is 0.616. The average Bonchev–Trinajstić information content (AvgIpc) is 2.38. The van der Waals surface area contributed by atoms with Gasteiger partial charge in [-0.2, -0.15) is 0 Å². The molecule has 0 saturated carbocycles. The van der Waals surface area contributed by atoms with Crippen LogP contribution in [0.5, 0.6) is 0 Å². The van der Waals surface area contributed by atoms with Crippen molar-refractivity contribution >= 4 is 23.0 Å². The van der Waals surface area contributed by atoms with Crippen LogP contribution in [0.1, 0.15) is 26.7 Å². The molecule has 0 spiro atoms. The SMILES string of the molecule is CCC(CC)(CO)Nc1ccc([N+](=O)[O-])cc1Cl. The maximum atomic E-state index is 10.6. The lowest BCUT2D eigenvalue weighted by atomic mass is 9.93. The predicted molar refractivity (Wildman–Crippen MR) is 72.1 cm³/mol. The Bertz CT molecular complexity index is 425. The number of aliphatic hydroxyl groups is 1. The molecule has 1 rings (SSSR count). The highest BCUT2D eigenvalue weighted by Gasteiger charge is 2.25. The van der Waals surface area contributed by atoms with Crippen LogP contribution < -0.4 is 5.32 Å². The fourth-order valence-corrected chi connectivity index (χ4v) is 1.92. The van der Waals surface area contributed by atoms with Crippen LogP contribution in [-0.4, -0.2) is 22.2 Å². The molecular weight excluding hydrogens is 256 g/mol. The molecule has 0 atom stereocenters. The minimum atomic E-state index is -0.491. The van der Waals surface area contributed by atoms with Gasteiger partial charge in [0.05, 0.1) is 27.8 Å². The van der Waals surface area contributed by atoms with Gasteiger partial charge in [0, 0.05) is 12.1 Å². The molecule has 0 amide bonds. The van der Waals surface area contributed by atoms with Crippen molar-refractivity contribution in [2.75, 3.05) is 11.9 Å². The molecule has 1 aromatic carbocycles. The lowest BCUT2D eigenvalue weighted by Gasteiger charge is -2.32. The maximum absolute atomic E-state index is 10.6. The third kappa shape index (κ3) is 3.11. The number of hydrogen-bond donors (Lipinski definition) is 2. The molecule has 0 bridgehead atoms. The number of nitro benzene ring substituents is 1. The van der Waals surface area contributed by atoms with E-state index in [2.05, 4.69) is 5.32 Å². The van der Waals surface area contributed by atoms with Crippen LogP contribution in [0.15, 0.2) is 18.2 Å². The monoisotopic (exact) mass is 272 g/mol. The Balaban J connectivity index is 3.01. The minimum Gasteiger partial charge on any atom is -0.394 e. The van der Waals surface area contributed by atoms with Crippen molar-refractivity contribution in [3.63, 3.8) is 0 Å². The van der Waals surface area contributed by atoms with E-state index in [1.807, 2.05) is 13.8 Å². The van der Waals surface area contributed by atoms with Gasteiger partial charge in [-0.25, -0.2) is 0 Å². The van der Waals surface area contributed by atoms with Gasteiger partial charge in [0.2, 0.25) is 0 Å². The zero-order chi connectivity index (χ0) is 13.8. The Morgan fingerprint density at radius 3 is 2.44 bits per heavy atom. The second-order valence-electron chi connectivity index (χ2n) is 4.19. The Labute approximate surface area is 111 Å². The number of nitro groups is 1. The van der Waals surface area contributed by atoms with Crippen LogP contribution in [0.25, 0.3) is 0 Å². The zero-order valence-electron chi connectivity index (χ0n) is 10.4. The van der Waals surface area contributed by atoms with E-state index < -0.39 is 10.5 Å². The Morgan fingerprint density at radius 1 is 1.44 bits per heavy atom. The van der Waals surface area contributed by atoms with Crippen molar-refractivity contribution in [1.82, 2.24) is 0 Å². The first-order chi connectivity index (χ1) is 8.48. The van der Waals surface area contributed by atoms with Crippen molar-refractivity contribution < 1.29 is 10.0 Å². The molecule has 0 aliphatic rings. The summed E-state index contributed by atoms with van der Waals surface area (Å²) in [6.45, 7) is 3.91. The van der Waals surface area contributed by atoms with E-state index in [0.717, 1.165) is 12.8 Å². The second-order valence-corrected chi connectivity index (χ2v) is 4.60. The van der Waals surface area contributed by atoms with Gasteiger partial charge in [-0.3, -0.25) is 10.1 Å². The van der Waals surface area contributed by atoms with E-state index in [4.69, 9.17) is 11.6 Å². The van der Waals surface area contributed by atoms with Gasteiger partial charge in [-0.15, -0.1) is 0 Å². The number of halogens is 1. The van der Waals surface area contributed by atoms with Gasteiger partial charge in [0.15, 0.2) is 0 Å². The van der Waals surface area contributed by atoms with E-state index in [1.165, 1.54) is 12.1 Å². The molecule has 0 heterocycles. The lowest BCUT2D eigenvalue weighted by molar-refractivity contribution is -0.384. The molecule has 100 valence electrons. The first kappa shape index (κ1) is 14.7. The first-order valence-corrected chi connectivity index (χ1v) is 6.18. The summed E-state index contributed by atoms with van der Waals surface area (Å²) in [4.78, 5) is 10.1. The van der Waals surface area contributed by atoms with Crippen LogP contribution in [0.3, 0.4) is 0 Å². The summed E-state index contributed by atoms with van der Waals surface area (Å²) in [5.41, 5.74) is 0.105. The van der Waals surface area contributed by atoms with E-state index in [1.54, 1.807) is 6.07 Å². The molecule has 0 radical (unpaired) electrons. The summed E-state index contributed by atoms with van der Waals surface area (Å²) >= 11 is 6.00. The molecule has 0 saturated heterocycles. The van der Waals surface area contributed by atoms with E-state index in [0.29, 0.717) is 5.69 Å². The second kappa shape index (κ2) is 6.02. The molecule has 0 aliphatic heterocycles. The van der Waals surface area contributed by atoms with Crippen molar-refractivity contribution in [3.05, 3.63) is 33.3 Å². The number of nitrogens with one attached hydrogen (secondary N) is 1. The fourth-order valence-electron chi connectivity index (χ4n) is 1.69. The summed E-state index contributed by atoms with van der Waals surface area (Å²) < 4.78 is 0. The van der Waals surface area contributed by atoms with Crippen LogP contribution in [-0.2, 0) is 0 Å². The summed E-state index contributed by atoms with van der Waals surface area (Å²) in [7, 11) is 0. The summed E-state index contributed by atoms with van der Waals surface area (Å²) in [6, 6.07) is 4.26. The summed E-state index contributed by atoms with van der Waals surface area (Å²) in [5, 5.41) is 23.5. The molecule has 18 heavy (non-hydrogen) atoms. The Hall–Kier alpha value is -1.33. The highest BCUT2D eigenvalue weighted by atomic mass is 35.5. The number of aliphatic hydroxyl groups excluding tert-OH is 1. The van der Waals surface area contributed by atoms with E-state index in [9.17, 15) is 15.2 Å². The Morgan fingerprint density at radius 2 is 2.06 bits per heavy atom. The molecule has 0 unspecified atom stereocenters. The number of hydrogen-bond acceptors (Lipinski definition) is 4. The van der Waals surface area contributed by atoms with Crippen molar-refractivity contribution in [1.29, 1.82) is 0 Å². The van der Waals surface area contributed by atoms with Gasteiger partial charge in [0.25, 0.3) is 5.69 Å². The maximum Gasteiger partial charge on any atom is 0.271 e. The van der Waals surface area contributed by atoms with Gasteiger partial charge in [0.1, 0.15) is 0 Å². The highest BCUT2D eigenvalue weighted by Crippen LogP contribution is 2.30. The zero-order valence-corrected chi connectivity index (χ0v) is 11.2. The third-order valence-corrected chi connectivity index (χ3v) is 3.53. The summed E-state index contributed by atoms with van der Waals surface area (Å²) in [5.74, 6) is 0. The molecule has 2 N–H and O–H groups in total. The van der Waals surface area contributed by atoms with Crippen molar-refractivity contribution in [3.8, 4) is 0 Å². The van der Waals surface area contributed by atoms with Crippen LogP contribution in [0.2, 0.25) is 5.02 Å². The molecule has 0 aromatic heterocycles. The van der Waals surface area contributed by atoms with Crippen LogP contribution in [0, 0.1) is 10.1 Å². The number of benzene rings is 1. The van der Waals surface area contributed by atoms with Gasteiger partial charge < -0.3 is 10.4 Å². The van der Waals surface area contributed by atoms with Crippen LogP contribution >= 0.6 is 11.6 Å². The molecule has 5 nitrogen and oxygen atoms in total. The number of anilines is 1. The number of non-ortho nitro benzene ring substituents is 1. The van der Waals surface area contributed by atoms with Gasteiger partial charge >= 0.3 is 0 Å². The fraction of sp³-hybridized carbons (Fsp3) is 0.500. The molecule has 0 fully saturated rings. The number of nitrogens with zero attached hydrogens (tertiary/aromatic N) is 1. The van der Waals surface area contributed by atoms with Crippen LogP contribution in [0.4, 0.5) is 11.4 Å². The average molecular weight is 273 g/mol. The van der Waals surface area contributed by atoms with E-state index >= 15 is 0 Å². The largest absolute Gasteiger partial charge is 0.394 e. The topological polar surface area (TPSA) is 75.4 Å². The molecular formula is C12H17ClN2O3. The normalized spacial score (nSPS) is 11.3. The molecule has 6 heteroatoms. The Kier molecular flexibility index (Phi) is 4.93. The smallest absolute Gasteiger partial charge is 0.271 e. The standard InChI is InChI=1S/C12H17ClN2O3/c1-3-12(4-2,8-16)14-11-6-5-9(15(17)18)7-10(11)13/h5-7,14,16H,3-4,8H2,1-2H3. The molecule has 1 aromatic rings. The minimum absolute atomic E-state index is 0.0205.